The van der Waals surface area contributed by atoms with Gasteiger partial charge in [-0.05, 0) is 47.4 Å². The molecule has 0 aliphatic carbocycles. The third-order valence-corrected chi connectivity index (χ3v) is 6.46. The van der Waals surface area contributed by atoms with Crippen molar-refractivity contribution in [2.45, 2.75) is 23.8 Å². The summed E-state index contributed by atoms with van der Waals surface area (Å²) in [5.74, 6) is -0.810. The summed E-state index contributed by atoms with van der Waals surface area (Å²) in [5.41, 5.74) is 0.527. The number of nitriles is 1. The number of sulfonamides is 1. The second-order valence-electron chi connectivity index (χ2n) is 5.06. The van der Waals surface area contributed by atoms with Gasteiger partial charge in [0.2, 0.25) is 10.0 Å². The Morgan fingerprint density at radius 2 is 2.18 bits per heavy atom. The van der Waals surface area contributed by atoms with E-state index >= 15 is 0 Å². The summed E-state index contributed by atoms with van der Waals surface area (Å²) < 4.78 is 40.9. The molecule has 1 saturated heterocycles. The molecule has 2 aromatic rings. The monoisotopic (exact) mass is 336 g/mol. The minimum atomic E-state index is -3.90. The highest BCUT2D eigenvalue weighted by atomic mass is 32.2. The van der Waals surface area contributed by atoms with Gasteiger partial charge in [-0.25, -0.2) is 12.8 Å². The second kappa shape index (κ2) is 5.80. The lowest BCUT2D eigenvalue weighted by molar-refractivity contribution is 0.397. The fourth-order valence-electron chi connectivity index (χ4n) is 2.78. The van der Waals surface area contributed by atoms with E-state index in [9.17, 15) is 12.8 Å². The highest BCUT2D eigenvalue weighted by molar-refractivity contribution is 7.89. The predicted molar refractivity (Wildman–Crippen MR) is 81.3 cm³/mol. The number of halogens is 1. The summed E-state index contributed by atoms with van der Waals surface area (Å²) in [6.45, 7) is 0.379. The third kappa shape index (κ3) is 2.43. The zero-order valence-corrected chi connectivity index (χ0v) is 13.2. The van der Waals surface area contributed by atoms with Crippen LogP contribution in [0.4, 0.5) is 4.39 Å². The van der Waals surface area contributed by atoms with Gasteiger partial charge in [0, 0.05) is 6.54 Å². The van der Waals surface area contributed by atoms with Gasteiger partial charge in [0.05, 0.1) is 6.04 Å². The molecule has 1 atom stereocenters. The molecule has 7 heteroatoms. The first-order valence-electron chi connectivity index (χ1n) is 6.78. The molecule has 22 heavy (non-hydrogen) atoms. The van der Waals surface area contributed by atoms with Crippen molar-refractivity contribution in [2.24, 2.45) is 0 Å². The molecule has 114 valence electrons. The molecule has 0 radical (unpaired) electrons. The molecule has 1 aromatic heterocycles. The van der Waals surface area contributed by atoms with Gasteiger partial charge >= 0.3 is 0 Å². The number of benzene rings is 1. The summed E-state index contributed by atoms with van der Waals surface area (Å²) in [6, 6.07) is 7.03. The molecule has 0 N–H and O–H groups in total. The Hall–Kier alpha value is -1.75. The Bertz CT molecular complexity index is 826. The van der Waals surface area contributed by atoms with Gasteiger partial charge in [0.1, 0.15) is 22.3 Å². The topological polar surface area (TPSA) is 61.2 Å². The Morgan fingerprint density at radius 1 is 1.36 bits per heavy atom. The molecule has 1 aliphatic rings. The fraction of sp³-hybridized carbons (Fsp3) is 0.267. The summed E-state index contributed by atoms with van der Waals surface area (Å²) in [7, 11) is -3.90. The van der Waals surface area contributed by atoms with Crippen molar-refractivity contribution in [3.63, 3.8) is 0 Å². The van der Waals surface area contributed by atoms with Crippen molar-refractivity contribution >= 4 is 21.4 Å². The summed E-state index contributed by atoms with van der Waals surface area (Å²) in [6.07, 6.45) is 1.48. The molecule has 0 bridgehead atoms. The Morgan fingerprint density at radius 3 is 2.86 bits per heavy atom. The van der Waals surface area contributed by atoms with Crippen LogP contribution >= 0.6 is 11.3 Å². The maximum atomic E-state index is 13.7. The molecule has 3 rings (SSSR count). The van der Waals surface area contributed by atoms with Crippen molar-refractivity contribution in [3.05, 3.63) is 52.0 Å². The number of rotatable bonds is 3. The van der Waals surface area contributed by atoms with Gasteiger partial charge in [-0.3, -0.25) is 0 Å². The van der Waals surface area contributed by atoms with E-state index in [-0.39, 0.29) is 10.9 Å². The normalized spacial score (nSPS) is 19.2. The van der Waals surface area contributed by atoms with Crippen LogP contribution in [-0.2, 0) is 10.0 Å². The molecule has 0 spiro atoms. The molecule has 1 unspecified atom stereocenters. The van der Waals surface area contributed by atoms with Crippen molar-refractivity contribution in [1.82, 2.24) is 4.31 Å². The first kappa shape index (κ1) is 15.2. The SMILES string of the molecule is N#Cc1c(F)cccc1S(=O)(=O)N1CCCC1c1ccsc1. The van der Waals surface area contributed by atoms with Crippen LogP contribution in [0.15, 0.2) is 39.9 Å². The van der Waals surface area contributed by atoms with E-state index in [0.29, 0.717) is 6.54 Å². The summed E-state index contributed by atoms with van der Waals surface area (Å²) >= 11 is 1.51. The molecule has 0 saturated carbocycles. The van der Waals surface area contributed by atoms with Gasteiger partial charge in [0.25, 0.3) is 0 Å². The quantitative estimate of drug-likeness (QED) is 0.864. The fourth-order valence-corrected chi connectivity index (χ4v) is 5.32. The van der Waals surface area contributed by atoms with E-state index in [0.717, 1.165) is 24.5 Å². The third-order valence-electron chi connectivity index (χ3n) is 3.81. The lowest BCUT2D eigenvalue weighted by atomic mass is 10.1. The molecule has 1 fully saturated rings. The molecule has 0 amide bonds. The van der Waals surface area contributed by atoms with Gasteiger partial charge in [-0.15, -0.1) is 0 Å². The van der Waals surface area contributed by atoms with Crippen molar-refractivity contribution in [2.75, 3.05) is 6.54 Å². The Kier molecular flexibility index (Phi) is 4.00. The van der Waals surface area contributed by atoms with Crippen LogP contribution in [0.1, 0.15) is 30.0 Å². The maximum absolute atomic E-state index is 13.7. The maximum Gasteiger partial charge on any atom is 0.245 e. The first-order chi connectivity index (χ1) is 10.6. The number of thiophene rings is 1. The van der Waals surface area contributed by atoms with Gasteiger partial charge in [-0.1, -0.05) is 6.07 Å². The van der Waals surface area contributed by atoms with E-state index in [4.69, 9.17) is 5.26 Å². The predicted octanol–water partition coefficient (Wildman–Crippen LogP) is 3.28. The highest BCUT2D eigenvalue weighted by Crippen LogP contribution is 2.38. The van der Waals surface area contributed by atoms with Crippen LogP contribution in [0.3, 0.4) is 0 Å². The zero-order valence-electron chi connectivity index (χ0n) is 11.6. The molecule has 1 aromatic carbocycles. The van der Waals surface area contributed by atoms with Crippen LogP contribution in [0.5, 0.6) is 0 Å². The zero-order chi connectivity index (χ0) is 15.7. The standard InChI is InChI=1S/C15H13FN2O2S2/c16-13-3-1-5-15(12(13)9-17)22(19,20)18-7-2-4-14(18)11-6-8-21-10-11/h1,3,5-6,8,10,14H,2,4,7H2. The average Bonchev–Trinajstić information content (AvgIpc) is 3.17. The van der Waals surface area contributed by atoms with Gasteiger partial charge in [-0.2, -0.15) is 20.9 Å². The van der Waals surface area contributed by atoms with Crippen LogP contribution in [0, 0.1) is 17.1 Å². The average molecular weight is 336 g/mol. The lowest BCUT2D eigenvalue weighted by Gasteiger charge is -2.24. The van der Waals surface area contributed by atoms with Crippen molar-refractivity contribution in [3.8, 4) is 6.07 Å². The smallest absolute Gasteiger partial charge is 0.207 e. The largest absolute Gasteiger partial charge is 0.245 e. The van der Waals surface area contributed by atoms with Crippen molar-refractivity contribution in [1.29, 1.82) is 5.26 Å². The van der Waals surface area contributed by atoms with Crippen LogP contribution in [0.2, 0.25) is 0 Å². The number of nitrogens with zero attached hydrogens (tertiary/aromatic N) is 2. The van der Waals surface area contributed by atoms with Crippen LogP contribution < -0.4 is 0 Å². The van der Waals surface area contributed by atoms with Crippen LogP contribution in [0.25, 0.3) is 0 Å². The molecular formula is C15H13FN2O2S2. The van der Waals surface area contributed by atoms with E-state index in [1.165, 1.54) is 27.8 Å². The summed E-state index contributed by atoms with van der Waals surface area (Å²) in [4.78, 5) is -0.253. The lowest BCUT2D eigenvalue weighted by Crippen LogP contribution is -2.31. The first-order valence-corrected chi connectivity index (χ1v) is 9.16. The van der Waals surface area contributed by atoms with E-state index < -0.39 is 21.4 Å². The van der Waals surface area contributed by atoms with E-state index in [2.05, 4.69) is 0 Å². The molecule has 2 heterocycles. The Balaban J connectivity index is 2.07. The van der Waals surface area contributed by atoms with Gasteiger partial charge in [0.15, 0.2) is 0 Å². The number of hydrogen-bond acceptors (Lipinski definition) is 4. The highest BCUT2D eigenvalue weighted by Gasteiger charge is 2.37. The van der Waals surface area contributed by atoms with E-state index in [1.54, 1.807) is 6.07 Å². The molecule has 4 nitrogen and oxygen atoms in total. The minimum Gasteiger partial charge on any atom is -0.207 e. The number of hydrogen-bond donors (Lipinski definition) is 0. The second-order valence-corrected chi connectivity index (χ2v) is 7.69. The van der Waals surface area contributed by atoms with Gasteiger partial charge < -0.3 is 0 Å². The molecular weight excluding hydrogens is 323 g/mol. The minimum absolute atomic E-state index is 0.244. The van der Waals surface area contributed by atoms with E-state index in [1.807, 2.05) is 16.8 Å². The van der Waals surface area contributed by atoms with Crippen molar-refractivity contribution < 1.29 is 12.8 Å². The molecule has 1 aliphatic heterocycles. The summed E-state index contributed by atoms with van der Waals surface area (Å²) in [5, 5.41) is 12.9. The Labute approximate surface area is 132 Å². The van der Waals surface area contributed by atoms with Crippen LogP contribution in [-0.4, -0.2) is 19.3 Å².